The number of aromatic amines is 1. The van der Waals surface area contributed by atoms with E-state index in [2.05, 4.69) is 37.2 Å². The maximum absolute atomic E-state index is 5.36. The van der Waals surface area contributed by atoms with E-state index in [9.17, 15) is 0 Å². The summed E-state index contributed by atoms with van der Waals surface area (Å²) in [5.74, 6) is 5.13. The minimum Gasteiger partial charge on any atom is -0.461 e. The molecule has 3 unspecified atom stereocenters. The number of hydrogen-bond donors (Lipinski definition) is 2. The zero-order valence-electron chi connectivity index (χ0n) is 18.3. The highest BCUT2D eigenvalue weighted by molar-refractivity contribution is 14.0. The second-order valence-corrected chi connectivity index (χ2v) is 8.83. The largest absolute Gasteiger partial charge is 0.461 e. The normalized spacial score (nSPS) is 26.3. The predicted octanol–water partition coefficient (Wildman–Crippen LogP) is 3.00. The van der Waals surface area contributed by atoms with Crippen molar-refractivity contribution in [1.29, 1.82) is 0 Å². The summed E-state index contributed by atoms with van der Waals surface area (Å²) in [5.41, 5.74) is 0. The van der Waals surface area contributed by atoms with Crippen LogP contribution in [-0.2, 0) is 6.42 Å². The number of piperazine rings is 1. The lowest BCUT2D eigenvalue weighted by atomic mass is 9.93. The quantitative estimate of drug-likeness (QED) is 0.334. The van der Waals surface area contributed by atoms with Crippen molar-refractivity contribution in [3.63, 3.8) is 0 Å². The fourth-order valence-electron chi connectivity index (χ4n) is 5.54. The number of nitrogens with zero attached hydrogens (tertiary/aromatic N) is 5. The van der Waals surface area contributed by atoms with Crippen LogP contribution in [0.3, 0.4) is 0 Å². The number of aliphatic imine (C=N–C) groups is 1. The standard InChI is InChI=1S/C22H33N7O.HI/c1-2-23-22(24-8-7-20-25-21(27-26-20)19-4-3-13-30-19)29-11-9-28(10-12-29)18-15-16-5-6-17(18)14-16;/h3-4,13,16-18H,2,5-12,14-15H2,1H3,(H,23,24)(H,25,26,27);1H. The molecule has 3 fully saturated rings. The van der Waals surface area contributed by atoms with E-state index < -0.39 is 0 Å². The van der Waals surface area contributed by atoms with Gasteiger partial charge in [0.05, 0.1) is 6.26 Å². The molecule has 2 aromatic rings. The Morgan fingerprint density at radius 2 is 2.13 bits per heavy atom. The summed E-state index contributed by atoms with van der Waals surface area (Å²) < 4.78 is 5.36. The molecule has 0 radical (unpaired) electrons. The summed E-state index contributed by atoms with van der Waals surface area (Å²) in [7, 11) is 0. The highest BCUT2D eigenvalue weighted by Gasteiger charge is 2.42. The molecule has 2 saturated carbocycles. The number of aromatic nitrogens is 3. The van der Waals surface area contributed by atoms with Gasteiger partial charge in [0.25, 0.3) is 0 Å². The van der Waals surface area contributed by atoms with Gasteiger partial charge < -0.3 is 14.6 Å². The molecule has 0 spiro atoms. The van der Waals surface area contributed by atoms with Crippen molar-refractivity contribution in [1.82, 2.24) is 30.3 Å². The fraction of sp³-hybridized carbons (Fsp3) is 0.682. The number of nitrogens with one attached hydrogen (secondary N) is 2. The minimum atomic E-state index is 0. The van der Waals surface area contributed by atoms with Gasteiger partial charge in [0.2, 0.25) is 5.82 Å². The zero-order chi connectivity index (χ0) is 20.3. The van der Waals surface area contributed by atoms with Gasteiger partial charge in [-0.05, 0) is 50.2 Å². The summed E-state index contributed by atoms with van der Waals surface area (Å²) in [6.07, 6.45) is 8.23. The van der Waals surface area contributed by atoms with Crippen LogP contribution in [0.1, 0.15) is 38.4 Å². The first-order valence-corrected chi connectivity index (χ1v) is 11.5. The van der Waals surface area contributed by atoms with E-state index in [0.29, 0.717) is 18.1 Å². The van der Waals surface area contributed by atoms with Gasteiger partial charge in [-0.3, -0.25) is 15.0 Å². The maximum Gasteiger partial charge on any atom is 0.216 e. The summed E-state index contributed by atoms with van der Waals surface area (Å²) in [5, 5.41) is 10.7. The topological polar surface area (TPSA) is 85.6 Å². The van der Waals surface area contributed by atoms with Crippen LogP contribution in [-0.4, -0.2) is 76.3 Å². The van der Waals surface area contributed by atoms with E-state index in [1.807, 2.05) is 12.1 Å². The van der Waals surface area contributed by atoms with Crippen LogP contribution in [0.5, 0.6) is 0 Å². The van der Waals surface area contributed by atoms with E-state index >= 15 is 0 Å². The number of rotatable bonds is 6. The van der Waals surface area contributed by atoms with Crippen molar-refractivity contribution in [2.75, 3.05) is 39.3 Å². The van der Waals surface area contributed by atoms with Crippen molar-refractivity contribution in [3.8, 4) is 11.6 Å². The molecule has 3 heterocycles. The van der Waals surface area contributed by atoms with Crippen LogP contribution in [0.15, 0.2) is 27.8 Å². The van der Waals surface area contributed by atoms with Gasteiger partial charge in [0.15, 0.2) is 11.7 Å². The lowest BCUT2D eigenvalue weighted by Gasteiger charge is -2.42. The first-order valence-electron chi connectivity index (χ1n) is 11.5. The molecule has 5 rings (SSSR count). The first-order chi connectivity index (χ1) is 14.8. The van der Waals surface area contributed by atoms with Gasteiger partial charge in [-0.25, -0.2) is 4.98 Å². The molecule has 1 aliphatic heterocycles. The molecule has 170 valence electrons. The average Bonchev–Trinajstić information content (AvgIpc) is 3.58. The molecular weight excluding hydrogens is 505 g/mol. The SMILES string of the molecule is CCNC(=NCCc1nc(-c2ccco2)n[nH]1)N1CCN(C2CC3CCC2C3)CC1.I. The molecule has 2 N–H and O–H groups in total. The Balaban J connectivity index is 0.00000231. The highest BCUT2D eigenvalue weighted by atomic mass is 127. The number of halogens is 1. The Kier molecular flexibility index (Phi) is 7.52. The summed E-state index contributed by atoms with van der Waals surface area (Å²) >= 11 is 0. The number of fused-ring (bicyclic) bond motifs is 2. The fourth-order valence-corrected chi connectivity index (χ4v) is 5.54. The molecule has 31 heavy (non-hydrogen) atoms. The first kappa shape index (κ1) is 22.6. The van der Waals surface area contributed by atoms with E-state index in [0.717, 1.165) is 68.8 Å². The Bertz CT molecular complexity index is 844. The molecule has 0 amide bonds. The number of guanidine groups is 1. The Hall–Kier alpha value is -1.62. The van der Waals surface area contributed by atoms with Crippen LogP contribution in [0.25, 0.3) is 11.6 Å². The lowest BCUT2D eigenvalue weighted by molar-refractivity contribution is 0.0958. The summed E-state index contributed by atoms with van der Waals surface area (Å²) in [6.45, 7) is 8.14. The molecule has 8 nitrogen and oxygen atoms in total. The van der Waals surface area contributed by atoms with Gasteiger partial charge in [-0.15, -0.1) is 24.0 Å². The second kappa shape index (κ2) is 10.3. The third-order valence-corrected chi connectivity index (χ3v) is 7.00. The smallest absolute Gasteiger partial charge is 0.216 e. The van der Waals surface area contributed by atoms with Crippen molar-refractivity contribution in [2.45, 2.75) is 45.1 Å². The van der Waals surface area contributed by atoms with E-state index in [1.165, 1.54) is 25.7 Å². The van der Waals surface area contributed by atoms with Gasteiger partial charge >= 0.3 is 0 Å². The molecule has 9 heteroatoms. The van der Waals surface area contributed by atoms with Crippen molar-refractivity contribution in [3.05, 3.63) is 24.2 Å². The third-order valence-electron chi connectivity index (χ3n) is 7.00. The monoisotopic (exact) mass is 539 g/mol. The van der Waals surface area contributed by atoms with Crippen molar-refractivity contribution >= 4 is 29.9 Å². The van der Waals surface area contributed by atoms with E-state index in [4.69, 9.17) is 9.41 Å². The Labute approximate surface area is 201 Å². The van der Waals surface area contributed by atoms with Crippen LogP contribution >= 0.6 is 24.0 Å². The maximum atomic E-state index is 5.36. The van der Waals surface area contributed by atoms with Crippen LogP contribution in [0.4, 0.5) is 0 Å². The lowest BCUT2D eigenvalue weighted by Crippen LogP contribution is -2.55. The molecule has 0 aromatic carbocycles. The van der Waals surface area contributed by atoms with E-state index in [-0.39, 0.29) is 24.0 Å². The third kappa shape index (κ3) is 5.08. The van der Waals surface area contributed by atoms with Gasteiger partial charge in [0, 0.05) is 51.7 Å². The molecular formula is C22H34IN7O. The molecule has 3 atom stereocenters. The average molecular weight is 539 g/mol. The van der Waals surface area contributed by atoms with Gasteiger partial charge in [0.1, 0.15) is 5.82 Å². The van der Waals surface area contributed by atoms with Gasteiger partial charge in [-0.1, -0.05) is 6.42 Å². The second-order valence-electron chi connectivity index (χ2n) is 8.83. The summed E-state index contributed by atoms with van der Waals surface area (Å²) in [6, 6.07) is 4.56. The predicted molar refractivity (Wildman–Crippen MR) is 132 cm³/mol. The minimum absolute atomic E-state index is 0. The molecule has 2 aromatic heterocycles. The Morgan fingerprint density at radius 3 is 2.81 bits per heavy atom. The Morgan fingerprint density at radius 1 is 1.26 bits per heavy atom. The zero-order valence-corrected chi connectivity index (χ0v) is 20.6. The van der Waals surface area contributed by atoms with Crippen LogP contribution in [0.2, 0.25) is 0 Å². The molecule has 1 saturated heterocycles. The van der Waals surface area contributed by atoms with Crippen LogP contribution in [0, 0.1) is 11.8 Å². The van der Waals surface area contributed by atoms with E-state index in [1.54, 1.807) is 6.26 Å². The number of hydrogen-bond acceptors (Lipinski definition) is 5. The molecule has 3 aliphatic rings. The van der Waals surface area contributed by atoms with Gasteiger partial charge in [-0.2, -0.15) is 5.10 Å². The summed E-state index contributed by atoms with van der Waals surface area (Å²) in [4.78, 5) is 14.6. The van der Waals surface area contributed by atoms with Crippen LogP contribution < -0.4 is 5.32 Å². The van der Waals surface area contributed by atoms with Crippen molar-refractivity contribution in [2.24, 2.45) is 16.8 Å². The molecule has 2 bridgehead atoms. The highest BCUT2D eigenvalue weighted by Crippen LogP contribution is 2.46. The number of furan rings is 1. The van der Waals surface area contributed by atoms with Crippen molar-refractivity contribution < 1.29 is 4.42 Å². The number of H-pyrrole nitrogens is 1. The molecule has 2 aliphatic carbocycles.